The Morgan fingerprint density at radius 3 is 2.79 bits per heavy atom. The van der Waals surface area contributed by atoms with E-state index in [1.54, 1.807) is 4.68 Å². The summed E-state index contributed by atoms with van der Waals surface area (Å²) in [4.78, 5) is 12.3. The fourth-order valence-corrected chi connectivity index (χ4v) is 3.41. The Labute approximate surface area is 162 Å². The van der Waals surface area contributed by atoms with Crippen molar-refractivity contribution in [3.63, 3.8) is 0 Å². The van der Waals surface area contributed by atoms with Gasteiger partial charge in [0.15, 0.2) is 11.5 Å². The number of carbonyl (C=O) groups excluding carboxylic acids is 1. The van der Waals surface area contributed by atoms with Gasteiger partial charge < -0.3 is 15.2 Å². The van der Waals surface area contributed by atoms with Crippen LogP contribution < -0.4 is 10.6 Å². The van der Waals surface area contributed by atoms with E-state index in [2.05, 4.69) is 31.1 Å². The highest BCUT2D eigenvalue weighted by atomic mass is 16.5. The molecule has 0 saturated heterocycles. The largest absolute Gasteiger partial charge is 0.367 e. The molecule has 146 valence electrons. The number of anilines is 1. The van der Waals surface area contributed by atoms with Crippen LogP contribution in [0.5, 0.6) is 0 Å². The van der Waals surface area contributed by atoms with Crippen molar-refractivity contribution in [2.24, 2.45) is 0 Å². The van der Waals surface area contributed by atoms with Crippen LogP contribution in [0, 0.1) is 13.8 Å². The van der Waals surface area contributed by atoms with E-state index in [1.807, 2.05) is 32.0 Å². The van der Waals surface area contributed by atoms with Crippen molar-refractivity contribution in [1.29, 1.82) is 0 Å². The highest BCUT2D eigenvalue weighted by Gasteiger charge is 2.23. The van der Waals surface area contributed by atoms with Crippen LogP contribution in [0.25, 0.3) is 5.82 Å². The van der Waals surface area contributed by atoms with Crippen LogP contribution in [0.2, 0.25) is 0 Å². The molecular weight excluding hydrogens is 358 g/mol. The summed E-state index contributed by atoms with van der Waals surface area (Å²) in [7, 11) is 0. The van der Waals surface area contributed by atoms with E-state index in [0.717, 1.165) is 48.4 Å². The molecule has 3 heterocycles. The van der Waals surface area contributed by atoms with Gasteiger partial charge in [-0.05, 0) is 51.3 Å². The maximum atomic E-state index is 12.3. The number of aryl methyl sites for hydroxylation is 3. The van der Waals surface area contributed by atoms with Crippen LogP contribution in [0.15, 0.2) is 22.7 Å². The second-order valence-corrected chi connectivity index (χ2v) is 6.94. The number of amides is 1. The maximum absolute atomic E-state index is 12.3. The van der Waals surface area contributed by atoms with Crippen molar-refractivity contribution in [2.45, 2.75) is 39.5 Å². The number of hydrogen-bond acceptors (Lipinski definition) is 7. The van der Waals surface area contributed by atoms with Gasteiger partial charge in [0.25, 0.3) is 5.91 Å². The molecule has 0 radical (unpaired) electrons. The van der Waals surface area contributed by atoms with Crippen LogP contribution in [0.1, 0.15) is 46.0 Å². The molecule has 9 heteroatoms. The first-order chi connectivity index (χ1) is 13.6. The Bertz CT molecular complexity index is 975. The number of hydrogen-bond donors (Lipinski definition) is 2. The second-order valence-electron chi connectivity index (χ2n) is 6.94. The second kappa shape index (κ2) is 7.79. The zero-order chi connectivity index (χ0) is 19.5. The summed E-state index contributed by atoms with van der Waals surface area (Å²) >= 11 is 0. The molecule has 0 spiro atoms. The predicted octanol–water partition coefficient (Wildman–Crippen LogP) is 1.99. The number of fused-ring (bicyclic) bond motifs is 1. The third-order valence-corrected chi connectivity index (χ3v) is 4.76. The lowest BCUT2D eigenvalue weighted by atomic mass is 9.96. The summed E-state index contributed by atoms with van der Waals surface area (Å²) in [5.41, 5.74) is 3.32. The van der Waals surface area contributed by atoms with Gasteiger partial charge in [-0.2, -0.15) is 5.10 Å². The Kier molecular flexibility index (Phi) is 5.05. The van der Waals surface area contributed by atoms with Crippen LogP contribution >= 0.6 is 0 Å². The van der Waals surface area contributed by atoms with E-state index in [4.69, 9.17) is 4.52 Å². The first kappa shape index (κ1) is 18.1. The van der Waals surface area contributed by atoms with E-state index in [-0.39, 0.29) is 5.91 Å². The summed E-state index contributed by atoms with van der Waals surface area (Å²) in [5.74, 6) is 1.96. The SMILES string of the molecule is Cc1cc(C)n(-c2ccc(NCCNC(=O)c3noc4c3CCCC4)nn2)n1. The first-order valence-electron chi connectivity index (χ1n) is 9.48. The molecule has 0 fully saturated rings. The Morgan fingerprint density at radius 1 is 1.18 bits per heavy atom. The zero-order valence-corrected chi connectivity index (χ0v) is 16.0. The molecule has 2 N–H and O–H groups in total. The molecule has 0 atom stereocenters. The molecule has 9 nitrogen and oxygen atoms in total. The van der Waals surface area contributed by atoms with Gasteiger partial charge in [-0.3, -0.25) is 4.79 Å². The third-order valence-electron chi connectivity index (χ3n) is 4.76. The quantitative estimate of drug-likeness (QED) is 0.628. The van der Waals surface area contributed by atoms with E-state index >= 15 is 0 Å². The molecule has 0 saturated carbocycles. The maximum Gasteiger partial charge on any atom is 0.273 e. The smallest absolute Gasteiger partial charge is 0.273 e. The minimum absolute atomic E-state index is 0.195. The Hall–Kier alpha value is -3.23. The molecule has 0 aliphatic heterocycles. The van der Waals surface area contributed by atoms with E-state index in [0.29, 0.717) is 30.4 Å². The first-order valence-corrected chi connectivity index (χ1v) is 9.48. The minimum atomic E-state index is -0.195. The monoisotopic (exact) mass is 381 g/mol. The van der Waals surface area contributed by atoms with Crippen molar-refractivity contribution in [3.05, 3.63) is 46.6 Å². The highest BCUT2D eigenvalue weighted by molar-refractivity contribution is 5.93. The number of rotatable bonds is 6. The lowest BCUT2D eigenvalue weighted by molar-refractivity contribution is 0.0945. The molecule has 0 aromatic carbocycles. The van der Waals surface area contributed by atoms with Crippen LogP contribution in [0.4, 0.5) is 5.82 Å². The van der Waals surface area contributed by atoms with Gasteiger partial charge in [-0.15, -0.1) is 10.2 Å². The van der Waals surface area contributed by atoms with Crippen molar-refractivity contribution in [2.75, 3.05) is 18.4 Å². The molecule has 1 amide bonds. The van der Waals surface area contributed by atoms with Gasteiger partial charge in [0.1, 0.15) is 11.6 Å². The van der Waals surface area contributed by atoms with Crippen molar-refractivity contribution in [1.82, 2.24) is 30.5 Å². The average Bonchev–Trinajstić information content (AvgIpc) is 3.28. The van der Waals surface area contributed by atoms with Crippen LogP contribution in [-0.2, 0) is 12.8 Å². The highest BCUT2D eigenvalue weighted by Crippen LogP contribution is 2.24. The average molecular weight is 381 g/mol. The Balaban J connectivity index is 1.28. The molecule has 4 rings (SSSR count). The summed E-state index contributed by atoms with van der Waals surface area (Å²) in [5, 5.41) is 22.7. The predicted molar refractivity (Wildman–Crippen MR) is 103 cm³/mol. The number of nitrogens with one attached hydrogen (secondary N) is 2. The van der Waals surface area contributed by atoms with Gasteiger partial charge in [0, 0.05) is 30.8 Å². The van der Waals surface area contributed by atoms with Crippen LogP contribution in [-0.4, -0.2) is 44.1 Å². The zero-order valence-electron chi connectivity index (χ0n) is 16.0. The van der Waals surface area contributed by atoms with E-state index in [1.165, 1.54) is 0 Å². The third kappa shape index (κ3) is 3.73. The van der Waals surface area contributed by atoms with E-state index in [9.17, 15) is 4.79 Å². The fourth-order valence-electron chi connectivity index (χ4n) is 3.41. The normalized spacial score (nSPS) is 13.2. The fraction of sp³-hybridized carbons (Fsp3) is 0.421. The molecule has 1 aliphatic carbocycles. The number of nitrogens with zero attached hydrogens (tertiary/aromatic N) is 5. The van der Waals surface area contributed by atoms with Gasteiger partial charge >= 0.3 is 0 Å². The number of aromatic nitrogens is 5. The summed E-state index contributed by atoms with van der Waals surface area (Å²) in [6.07, 6.45) is 3.88. The van der Waals surface area contributed by atoms with Crippen molar-refractivity contribution < 1.29 is 9.32 Å². The molecule has 1 aliphatic rings. The summed E-state index contributed by atoms with van der Waals surface area (Å²) < 4.78 is 7.04. The van der Waals surface area contributed by atoms with Crippen molar-refractivity contribution in [3.8, 4) is 5.82 Å². The molecule has 0 bridgehead atoms. The Morgan fingerprint density at radius 2 is 2.04 bits per heavy atom. The lowest BCUT2D eigenvalue weighted by Gasteiger charge is -2.10. The van der Waals surface area contributed by atoms with Crippen LogP contribution in [0.3, 0.4) is 0 Å². The van der Waals surface area contributed by atoms with Gasteiger partial charge in [-0.25, -0.2) is 4.68 Å². The topological polar surface area (TPSA) is 111 Å². The minimum Gasteiger partial charge on any atom is -0.367 e. The molecule has 3 aromatic rings. The van der Waals surface area contributed by atoms with Crippen molar-refractivity contribution >= 4 is 11.7 Å². The standard InChI is InChI=1S/C19H23N7O2/c1-12-11-13(2)26(24-12)17-8-7-16(22-23-17)20-9-10-21-19(27)18-14-5-3-4-6-15(14)28-25-18/h7-8,11H,3-6,9-10H2,1-2H3,(H,20,22)(H,21,27). The number of carbonyl (C=O) groups is 1. The molecular formula is C19H23N7O2. The lowest BCUT2D eigenvalue weighted by Crippen LogP contribution is -2.30. The van der Waals surface area contributed by atoms with Gasteiger partial charge in [0.2, 0.25) is 0 Å². The molecule has 3 aromatic heterocycles. The molecule has 28 heavy (non-hydrogen) atoms. The van der Waals surface area contributed by atoms with Gasteiger partial charge in [0.05, 0.1) is 5.69 Å². The van der Waals surface area contributed by atoms with E-state index < -0.39 is 0 Å². The summed E-state index contributed by atoms with van der Waals surface area (Å²) in [6.45, 7) is 4.89. The molecule has 0 unspecified atom stereocenters. The summed E-state index contributed by atoms with van der Waals surface area (Å²) in [6, 6.07) is 5.69. The van der Waals surface area contributed by atoms with Gasteiger partial charge in [-0.1, -0.05) is 5.16 Å².